The van der Waals surface area contributed by atoms with Crippen molar-refractivity contribution < 1.29 is 9.18 Å². The molecule has 0 heterocycles. The van der Waals surface area contributed by atoms with E-state index in [2.05, 4.69) is 5.32 Å². The van der Waals surface area contributed by atoms with Crippen molar-refractivity contribution in [2.24, 2.45) is 0 Å². The zero-order chi connectivity index (χ0) is 14.4. The van der Waals surface area contributed by atoms with Crippen LogP contribution in [0.3, 0.4) is 0 Å². The lowest BCUT2D eigenvalue weighted by Crippen LogP contribution is -2.34. The summed E-state index contributed by atoms with van der Waals surface area (Å²) in [5.41, 5.74) is 0.695. The number of carbonyl (C=O) groups excluding carboxylic acids is 1. The third-order valence-electron chi connectivity index (χ3n) is 2.88. The molecule has 5 heteroatoms. The Morgan fingerprint density at radius 2 is 2.21 bits per heavy atom. The molecule has 1 N–H and O–H groups in total. The molecular formula is C14H18FN3O. The van der Waals surface area contributed by atoms with E-state index in [1.807, 2.05) is 13.0 Å². The fourth-order valence-electron chi connectivity index (χ4n) is 1.64. The number of anilines is 1. The highest BCUT2D eigenvalue weighted by atomic mass is 19.1. The third-order valence-corrected chi connectivity index (χ3v) is 2.88. The first kappa shape index (κ1) is 15.0. The smallest absolute Gasteiger partial charge is 0.254 e. The minimum Gasteiger partial charge on any atom is -0.378 e. The predicted molar refractivity (Wildman–Crippen MR) is 72.5 cm³/mol. The minimum atomic E-state index is -0.560. The van der Waals surface area contributed by atoms with E-state index in [1.165, 1.54) is 12.1 Å². The van der Waals surface area contributed by atoms with Crippen LogP contribution in [0.1, 0.15) is 30.1 Å². The van der Waals surface area contributed by atoms with E-state index in [-0.39, 0.29) is 18.0 Å². The fourth-order valence-corrected chi connectivity index (χ4v) is 1.64. The maximum absolute atomic E-state index is 13.8. The number of amides is 1. The van der Waals surface area contributed by atoms with Crippen molar-refractivity contribution in [1.29, 1.82) is 5.26 Å². The zero-order valence-electron chi connectivity index (χ0n) is 11.4. The van der Waals surface area contributed by atoms with Crippen molar-refractivity contribution in [2.45, 2.75) is 25.8 Å². The molecule has 0 aliphatic heterocycles. The molecule has 1 aromatic rings. The summed E-state index contributed by atoms with van der Waals surface area (Å²) in [5.74, 6) is -1.04. The average molecular weight is 263 g/mol. The summed E-state index contributed by atoms with van der Waals surface area (Å²) in [6.45, 7) is 1.87. The molecule has 0 saturated heterocycles. The van der Waals surface area contributed by atoms with Gasteiger partial charge in [-0.2, -0.15) is 5.26 Å². The van der Waals surface area contributed by atoms with Crippen molar-refractivity contribution >= 4 is 11.6 Å². The number of carbonyl (C=O) groups is 1. The Morgan fingerprint density at radius 1 is 1.53 bits per heavy atom. The van der Waals surface area contributed by atoms with Gasteiger partial charge in [0.2, 0.25) is 0 Å². The van der Waals surface area contributed by atoms with Crippen molar-refractivity contribution in [1.82, 2.24) is 5.32 Å². The number of rotatable bonds is 5. The van der Waals surface area contributed by atoms with Gasteiger partial charge in [0.25, 0.3) is 5.91 Å². The van der Waals surface area contributed by atoms with Crippen molar-refractivity contribution in [3.63, 3.8) is 0 Å². The van der Waals surface area contributed by atoms with Crippen LogP contribution < -0.4 is 10.2 Å². The second-order valence-electron chi connectivity index (χ2n) is 4.50. The molecule has 102 valence electrons. The van der Waals surface area contributed by atoms with E-state index in [9.17, 15) is 9.18 Å². The van der Waals surface area contributed by atoms with E-state index >= 15 is 0 Å². The maximum atomic E-state index is 13.8. The van der Waals surface area contributed by atoms with Gasteiger partial charge in [-0.25, -0.2) is 4.39 Å². The highest BCUT2D eigenvalue weighted by molar-refractivity contribution is 5.95. The van der Waals surface area contributed by atoms with E-state index < -0.39 is 11.7 Å². The molecule has 0 fully saturated rings. The molecule has 1 unspecified atom stereocenters. The van der Waals surface area contributed by atoms with Gasteiger partial charge in [0.15, 0.2) is 0 Å². The van der Waals surface area contributed by atoms with Gasteiger partial charge in [0.1, 0.15) is 5.82 Å². The van der Waals surface area contributed by atoms with Crippen molar-refractivity contribution in [3.05, 3.63) is 29.6 Å². The van der Waals surface area contributed by atoms with Gasteiger partial charge in [-0.1, -0.05) is 6.92 Å². The van der Waals surface area contributed by atoms with Crippen LogP contribution >= 0.6 is 0 Å². The summed E-state index contributed by atoms with van der Waals surface area (Å²) < 4.78 is 13.8. The zero-order valence-corrected chi connectivity index (χ0v) is 11.4. The number of hydrogen-bond acceptors (Lipinski definition) is 3. The molecule has 0 aromatic heterocycles. The monoisotopic (exact) mass is 263 g/mol. The Kier molecular flexibility index (Phi) is 5.31. The van der Waals surface area contributed by atoms with Crippen molar-refractivity contribution in [3.8, 4) is 6.07 Å². The fraction of sp³-hybridized carbons (Fsp3) is 0.429. The largest absolute Gasteiger partial charge is 0.378 e. The molecule has 1 atom stereocenters. The minimum absolute atomic E-state index is 0.00184. The molecular weight excluding hydrogens is 245 g/mol. The molecule has 1 aromatic carbocycles. The van der Waals surface area contributed by atoms with E-state index in [0.29, 0.717) is 12.1 Å². The van der Waals surface area contributed by atoms with Gasteiger partial charge < -0.3 is 10.2 Å². The number of benzene rings is 1. The van der Waals surface area contributed by atoms with Gasteiger partial charge in [-0.15, -0.1) is 0 Å². The molecule has 0 aliphatic carbocycles. The molecule has 0 bridgehead atoms. The van der Waals surface area contributed by atoms with Gasteiger partial charge >= 0.3 is 0 Å². The summed E-state index contributed by atoms with van der Waals surface area (Å²) >= 11 is 0. The lowest BCUT2D eigenvalue weighted by atomic mass is 10.1. The Bertz CT molecular complexity index is 494. The highest BCUT2D eigenvalue weighted by Crippen LogP contribution is 2.17. The first-order valence-electron chi connectivity index (χ1n) is 6.14. The quantitative estimate of drug-likeness (QED) is 0.887. The van der Waals surface area contributed by atoms with Gasteiger partial charge in [0.05, 0.1) is 18.1 Å². The molecule has 19 heavy (non-hydrogen) atoms. The van der Waals surface area contributed by atoms with Crippen molar-refractivity contribution in [2.75, 3.05) is 19.0 Å². The summed E-state index contributed by atoms with van der Waals surface area (Å²) in [7, 11) is 3.60. The average Bonchev–Trinajstić information content (AvgIpc) is 2.37. The molecule has 0 saturated carbocycles. The van der Waals surface area contributed by atoms with Crippen LogP contribution in [0.15, 0.2) is 18.2 Å². The summed E-state index contributed by atoms with van der Waals surface area (Å²) in [4.78, 5) is 13.7. The highest BCUT2D eigenvalue weighted by Gasteiger charge is 2.16. The summed E-state index contributed by atoms with van der Waals surface area (Å²) in [5, 5.41) is 11.3. The van der Waals surface area contributed by atoms with Gasteiger partial charge in [-0.05, 0) is 24.6 Å². The SMILES string of the molecule is CCC(CC#N)NC(=O)c1ccc(N(C)C)cc1F. The second-order valence-corrected chi connectivity index (χ2v) is 4.50. The predicted octanol–water partition coefficient (Wildman–Crippen LogP) is 2.31. The maximum Gasteiger partial charge on any atom is 0.254 e. The Labute approximate surface area is 112 Å². The molecule has 0 radical (unpaired) electrons. The summed E-state index contributed by atoms with van der Waals surface area (Å²) in [6.07, 6.45) is 0.857. The van der Waals surface area contributed by atoms with Crippen LogP contribution in [-0.2, 0) is 0 Å². The Hall–Kier alpha value is -2.09. The first-order valence-corrected chi connectivity index (χ1v) is 6.14. The molecule has 0 aliphatic rings. The molecule has 4 nitrogen and oxygen atoms in total. The normalized spacial score (nSPS) is 11.5. The number of hydrogen-bond donors (Lipinski definition) is 1. The standard InChI is InChI=1S/C14H18FN3O/c1-4-10(7-8-16)17-14(19)12-6-5-11(18(2)3)9-13(12)15/h5-6,9-10H,4,7H2,1-3H3,(H,17,19). The number of nitrogens with one attached hydrogen (secondary N) is 1. The number of halogens is 1. The Morgan fingerprint density at radius 3 is 2.68 bits per heavy atom. The van der Waals surface area contributed by atoms with Crippen LogP contribution in [0.5, 0.6) is 0 Å². The molecule has 0 spiro atoms. The van der Waals surface area contributed by atoms with E-state index in [4.69, 9.17) is 5.26 Å². The number of nitriles is 1. The second kappa shape index (κ2) is 6.74. The van der Waals surface area contributed by atoms with Crippen LogP contribution in [0.4, 0.5) is 10.1 Å². The number of nitrogens with zero attached hydrogens (tertiary/aromatic N) is 2. The lowest BCUT2D eigenvalue weighted by Gasteiger charge is -2.16. The van der Waals surface area contributed by atoms with Gasteiger partial charge in [-0.3, -0.25) is 4.79 Å². The van der Waals surface area contributed by atoms with Crippen LogP contribution in [-0.4, -0.2) is 26.0 Å². The first-order chi connectivity index (χ1) is 8.99. The van der Waals surface area contributed by atoms with Crippen LogP contribution in [0.2, 0.25) is 0 Å². The van der Waals surface area contributed by atoms with Crippen LogP contribution in [0.25, 0.3) is 0 Å². The van der Waals surface area contributed by atoms with Gasteiger partial charge in [0, 0.05) is 25.8 Å². The third kappa shape index (κ3) is 3.95. The molecule has 1 amide bonds. The Balaban J connectivity index is 2.86. The molecule has 1 rings (SSSR count). The van der Waals surface area contributed by atoms with E-state index in [1.54, 1.807) is 25.1 Å². The topological polar surface area (TPSA) is 56.1 Å². The van der Waals surface area contributed by atoms with Crippen LogP contribution in [0, 0.1) is 17.1 Å². The lowest BCUT2D eigenvalue weighted by molar-refractivity contribution is 0.0932. The van der Waals surface area contributed by atoms with E-state index in [0.717, 1.165) is 0 Å². The summed E-state index contributed by atoms with van der Waals surface area (Å²) in [6, 6.07) is 6.21.